The van der Waals surface area contributed by atoms with Gasteiger partial charge in [-0.25, -0.2) is 4.79 Å². The zero-order valence-corrected chi connectivity index (χ0v) is 39.4. The van der Waals surface area contributed by atoms with Gasteiger partial charge in [-0.1, -0.05) is 84.9 Å². The van der Waals surface area contributed by atoms with Crippen LogP contribution in [0.25, 0.3) is 11.3 Å². The lowest BCUT2D eigenvalue weighted by Gasteiger charge is -2.37. The molecule has 0 fully saturated rings. The summed E-state index contributed by atoms with van der Waals surface area (Å²) >= 11 is 0. The first kappa shape index (κ1) is 47.1. The average Bonchev–Trinajstić information content (AvgIpc) is 3.88. The fraction of sp³-hybridized carbons (Fsp3) is 0.250. The van der Waals surface area contributed by atoms with Gasteiger partial charge in [-0.2, -0.15) is 14.0 Å². The number of nitriles is 1. The monoisotopic (exact) mass is 942 g/mol. The number of methoxy groups -OCH3 is 1. The molecule has 0 radical (unpaired) electrons. The second kappa shape index (κ2) is 20.3. The third kappa shape index (κ3) is 9.40. The van der Waals surface area contributed by atoms with Gasteiger partial charge >= 0.3 is 12.6 Å². The summed E-state index contributed by atoms with van der Waals surface area (Å²) in [5, 5.41) is 9.97. The third-order valence-electron chi connectivity index (χ3n) is 13.4. The van der Waals surface area contributed by atoms with E-state index in [9.17, 15) is 18.8 Å². The molecule has 1 atom stereocenters. The highest BCUT2D eigenvalue weighted by Gasteiger charge is 2.35. The number of nitrogens with zero attached hydrogens (tertiary/aromatic N) is 6. The summed E-state index contributed by atoms with van der Waals surface area (Å²) in [6.07, 6.45) is 0.617. The van der Waals surface area contributed by atoms with E-state index in [-0.39, 0.29) is 47.7 Å². The number of hydrogen-bond donors (Lipinski definition) is 0. The van der Waals surface area contributed by atoms with Crippen LogP contribution in [0, 0.1) is 25.2 Å². The maximum Gasteiger partial charge on any atom is 0.410 e. The third-order valence-corrected chi connectivity index (χ3v) is 13.4. The van der Waals surface area contributed by atoms with E-state index < -0.39 is 18.5 Å². The zero-order chi connectivity index (χ0) is 49.1. The molecule has 9 rings (SSSR count). The molecule has 0 aliphatic carbocycles. The molecule has 70 heavy (non-hydrogen) atoms. The number of benzene rings is 5. The molecule has 0 saturated heterocycles. The van der Waals surface area contributed by atoms with Crippen molar-refractivity contribution in [1.82, 2.24) is 18.9 Å². The maximum absolute atomic E-state index is 15.4. The highest BCUT2D eigenvalue weighted by atomic mass is 19.3. The average molecular weight is 943 g/mol. The minimum absolute atomic E-state index is 0.0207. The molecule has 3 amide bonds. The second-order valence-corrected chi connectivity index (χ2v) is 17.6. The molecule has 356 valence electrons. The van der Waals surface area contributed by atoms with Gasteiger partial charge in [-0.15, -0.1) is 0 Å². The number of anilines is 2. The Bertz CT molecular complexity index is 3110. The number of halogens is 2. The molecule has 2 aromatic heterocycles. The van der Waals surface area contributed by atoms with E-state index in [2.05, 4.69) is 6.07 Å². The van der Waals surface area contributed by atoms with E-state index in [4.69, 9.17) is 14.2 Å². The molecule has 12 nitrogen and oxygen atoms in total. The summed E-state index contributed by atoms with van der Waals surface area (Å²) in [5.74, 6) is -0.256. The summed E-state index contributed by atoms with van der Waals surface area (Å²) in [4.78, 5) is 49.0. The van der Waals surface area contributed by atoms with E-state index in [0.29, 0.717) is 77.7 Å². The van der Waals surface area contributed by atoms with Crippen LogP contribution in [0.15, 0.2) is 133 Å². The van der Waals surface area contributed by atoms with Crippen LogP contribution >= 0.6 is 0 Å². The number of hydrogen-bond acceptors (Lipinski definition) is 7. The van der Waals surface area contributed by atoms with Crippen molar-refractivity contribution < 1.29 is 37.4 Å². The SMILES string of the molecule is COC[C@@H]1Cc2ccccc2CN1C(=O)c1cc2c(cc1-c1cc(C(=O)N(c3ccc(OCc4ccccc4)cc3)c3cc(C#N)n(C(F)F)c3C)c(C)n1C)CCN(C(=O)OCc1ccccc1)C2. The van der Waals surface area contributed by atoms with E-state index in [1.54, 1.807) is 49.3 Å². The topological polar surface area (TPSA) is 122 Å². The first-order valence-electron chi connectivity index (χ1n) is 23.1. The summed E-state index contributed by atoms with van der Waals surface area (Å²) in [7, 11) is 3.44. The molecule has 7 aromatic rings. The van der Waals surface area contributed by atoms with Gasteiger partial charge in [0, 0.05) is 67.7 Å². The Morgan fingerprint density at radius 1 is 0.771 bits per heavy atom. The zero-order valence-electron chi connectivity index (χ0n) is 39.4. The van der Waals surface area contributed by atoms with Crippen LogP contribution in [0.1, 0.15) is 77.7 Å². The molecule has 0 spiro atoms. The predicted molar refractivity (Wildman–Crippen MR) is 261 cm³/mol. The standard InChI is InChI=1S/C56H52F2N6O6/c1-36-48(54(66)64(51-28-45(30-59)63(37(51)2)55(57)58)44-19-21-47(22-20-44)69-33-38-13-7-5-8-14-38)29-52(60(36)3)49-26-41-23-24-61(56(67)70-34-39-15-9-6-10-16-39)31-43(41)27-50(49)53(65)62-32-42-18-12-11-17-40(42)25-46(62)35-68-4/h5-22,26-29,46,55H,23-25,31-35H2,1-4H3/t46-/m0/s1. The number of alkyl halides is 2. The normalized spacial score (nSPS) is 14.2. The van der Waals surface area contributed by atoms with Crippen LogP contribution < -0.4 is 9.64 Å². The Morgan fingerprint density at radius 3 is 2.10 bits per heavy atom. The Morgan fingerprint density at radius 2 is 1.44 bits per heavy atom. The van der Waals surface area contributed by atoms with Crippen molar-refractivity contribution in [3.8, 4) is 23.1 Å². The molecule has 0 bridgehead atoms. The Hall–Kier alpha value is -8.02. The van der Waals surface area contributed by atoms with Crippen molar-refractivity contribution in [2.45, 2.75) is 65.6 Å². The second-order valence-electron chi connectivity index (χ2n) is 17.6. The fourth-order valence-corrected chi connectivity index (χ4v) is 9.55. The lowest BCUT2D eigenvalue weighted by molar-refractivity contribution is 0.0477. The van der Waals surface area contributed by atoms with Crippen molar-refractivity contribution in [2.24, 2.45) is 7.05 Å². The molecule has 4 heterocycles. The van der Waals surface area contributed by atoms with E-state index in [1.165, 1.54) is 17.9 Å². The van der Waals surface area contributed by atoms with Crippen LogP contribution in [0.5, 0.6) is 5.75 Å². The number of aromatic nitrogens is 2. The molecule has 0 unspecified atom stereocenters. The molecular weight excluding hydrogens is 891 g/mol. The van der Waals surface area contributed by atoms with E-state index in [1.807, 2.05) is 114 Å². The van der Waals surface area contributed by atoms with Crippen LogP contribution in [0.2, 0.25) is 0 Å². The maximum atomic E-state index is 15.4. The molecule has 2 aliphatic rings. The van der Waals surface area contributed by atoms with Crippen LogP contribution in [0.4, 0.5) is 25.0 Å². The predicted octanol–water partition coefficient (Wildman–Crippen LogP) is 10.8. The van der Waals surface area contributed by atoms with Gasteiger partial charge < -0.3 is 28.6 Å². The molecule has 5 aromatic carbocycles. The van der Waals surface area contributed by atoms with Crippen molar-refractivity contribution in [2.75, 3.05) is 25.2 Å². The number of carbonyl (C=O) groups is 3. The van der Waals surface area contributed by atoms with Crippen LogP contribution in [-0.2, 0) is 55.7 Å². The Labute approximate surface area is 405 Å². The van der Waals surface area contributed by atoms with Crippen molar-refractivity contribution in [1.29, 1.82) is 5.26 Å². The van der Waals surface area contributed by atoms with Crippen LogP contribution in [-0.4, -0.2) is 63.1 Å². The molecule has 0 saturated carbocycles. The quantitative estimate of drug-likeness (QED) is 0.113. The Balaban J connectivity index is 1.11. The van der Waals surface area contributed by atoms with Crippen molar-refractivity contribution >= 4 is 29.3 Å². The highest BCUT2D eigenvalue weighted by molar-refractivity contribution is 6.13. The molecule has 14 heteroatoms. The fourth-order valence-electron chi connectivity index (χ4n) is 9.55. The van der Waals surface area contributed by atoms with Gasteiger partial charge in [0.2, 0.25) is 0 Å². The smallest absolute Gasteiger partial charge is 0.410 e. The van der Waals surface area contributed by atoms with Gasteiger partial charge in [0.15, 0.2) is 0 Å². The lowest BCUT2D eigenvalue weighted by Crippen LogP contribution is -2.47. The van der Waals surface area contributed by atoms with E-state index in [0.717, 1.165) is 33.4 Å². The summed E-state index contributed by atoms with van der Waals surface area (Å²) in [5.41, 5.74) is 8.25. The minimum Gasteiger partial charge on any atom is -0.489 e. The van der Waals surface area contributed by atoms with Gasteiger partial charge in [0.25, 0.3) is 11.8 Å². The summed E-state index contributed by atoms with van der Waals surface area (Å²) < 4.78 is 49.0. The van der Waals surface area contributed by atoms with Gasteiger partial charge in [0.1, 0.15) is 30.7 Å². The largest absolute Gasteiger partial charge is 0.489 e. The summed E-state index contributed by atoms with van der Waals surface area (Å²) in [6.45, 7) is 1.90. The van der Waals surface area contributed by atoms with Gasteiger partial charge in [-0.05, 0) is 109 Å². The first-order valence-corrected chi connectivity index (χ1v) is 23.1. The molecular formula is C56H52F2N6O6. The number of amides is 3. The van der Waals surface area contributed by atoms with Crippen LogP contribution in [0.3, 0.4) is 0 Å². The van der Waals surface area contributed by atoms with E-state index >= 15 is 9.59 Å². The lowest BCUT2D eigenvalue weighted by atomic mass is 9.89. The molecule has 0 N–H and O–H groups in total. The number of rotatable bonds is 13. The first-order chi connectivity index (χ1) is 33.9. The van der Waals surface area contributed by atoms with Crippen molar-refractivity contribution in [3.63, 3.8) is 0 Å². The van der Waals surface area contributed by atoms with Gasteiger partial charge in [-0.3, -0.25) is 19.1 Å². The minimum atomic E-state index is -3.04. The highest BCUT2D eigenvalue weighted by Crippen LogP contribution is 2.39. The number of fused-ring (bicyclic) bond motifs is 2. The van der Waals surface area contributed by atoms with Gasteiger partial charge in [0.05, 0.1) is 23.9 Å². The van der Waals surface area contributed by atoms with Crippen molar-refractivity contribution in [3.05, 3.63) is 195 Å². The Kier molecular flexibility index (Phi) is 13.6. The number of ether oxygens (including phenoxy) is 3. The summed E-state index contributed by atoms with van der Waals surface area (Å²) in [6, 6.07) is 42.4. The number of carbonyl (C=O) groups excluding carboxylic acids is 3. The molecule has 2 aliphatic heterocycles.